The van der Waals surface area contributed by atoms with Gasteiger partial charge in [-0.25, -0.2) is 35.1 Å². The third-order valence-electron chi connectivity index (χ3n) is 20.9. The van der Waals surface area contributed by atoms with Gasteiger partial charge in [0, 0.05) is 86.3 Å². The molecule has 28 heteroatoms. The lowest BCUT2D eigenvalue weighted by Gasteiger charge is -2.21. The molecular weight excluding hydrogens is 1850 g/mol. The van der Waals surface area contributed by atoms with Crippen molar-refractivity contribution in [2.45, 2.75) is 319 Å². The summed E-state index contributed by atoms with van der Waals surface area (Å²) in [6.07, 6.45) is -11.2. The van der Waals surface area contributed by atoms with Crippen LogP contribution in [0.3, 0.4) is 0 Å². The predicted octanol–water partition coefficient (Wildman–Crippen LogP) is 36.5. The van der Waals surface area contributed by atoms with Crippen LogP contribution in [0.5, 0.6) is 0 Å². The van der Waals surface area contributed by atoms with E-state index >= 15 is 0 Å². The van der Waals surface area contributed by atoms with Crippen molar-refractivity contribution in [3.63, 3.8) is 0 Å². The number of hydrogen-bond acceptors (Lipinski definition) is 0. The molecule has 4 aliphatic rings. The highest BCUT2D eigenvalue weighted by atomic mass is 35.5. The molecule has 0 N–H and O–H groups in total. The van der Waals surface area contributed by atoms with Gasteiger partial charge in [0.15, 0.2) is 0 Å². The number of alkyl halides is 15. The summed E-state index contributed by atoms with van der Waals surface area (Å²) in [5, 5.41) is 0.144. The second-order valence-corrected chi connectivity index (χ2v) is 42.9. The Labute approximate surface area is 806 Å². The molecule has 4 fully saturated rings. The molecule has 4 saturated heterocycles. The van der Waals surface area contributed by atoms with Crippen molar-refractivity contribution < 1.29 is 118 Å². The van der Waals surface area contributed by atoms with Crippen LogP contribution in [0.25, 0.3) is 0 Å². The summed E-state index contributed by atoms with van der Waals surface area (Å²) in [4.78, 5) is 0. The SMILES string of the molecule is CC(C)(C)c1c(F)cc(F)cc1Cl.CC(C)(C)c1c(F)cc(F)cc1F.CC(C)(C)c1c(F)cccc1F.CC(C)(C)c1cccc(C(F)(F)F)c1F.Cc1cc(C(C)(C)C)cc(C(F)(F)F)c1.Cc1cc(C(C)(C)C)cc(C(F)(F)F)c1.Cc1cc(C(C)(C)C)cc(C(F)(F)F)c1.Cc1cc(C(C)(C)C)cc(C(F)(F)F)c1.[CH2-][O+]1CCCC1.[CH2-][O+]1CCCC1.[CH2-][O+]1CCCC1.[CH2-][O+]1CCCC1. The highest BCUT2D eigenvalue weighted by Crippen LogP contribution is 2.42. The Bertz CT molecular complexity index is 4310. The van der Waals surface area contributed by atoms with E-state index in [-0.39, 0.29) is 43.4 Å². The average molecular weight is 1990 g/mol. The molecule has 4 aliphatic heterocycles. The maximum absolute atomic E-state index is 13.5. The summed E-state index contributed by atoms with van der Waals surface area (Å²) in [7, 11) is 14.8. The molecule has 0 aromatic heterocycles. The summed E-state index contributed by atoms with van der Waals surface area (Å²) in [6.45, 7) is 59.5. The molecule has 774 valence electrons. The lowest BCUT2D eigenvalue weighted by atomic mass is 9.85. The van der Waals surface area contributed by atoms with Crippen LogP contribution in [0.1, 0.15) is 312 Å². The number of rotatable bonds is 0. The Hall–Kier alpha value is -7.72. The molecule has 0 spiro atoms. The van der Waals surface area contributed by atoms with Gasteiger partial charge in [0.25, 0.3) is 0 Å². The Morgan fingerprint density at radius 1 is 0.226 bits per heavy atom. The van der Waals surface area contributed by atoms with Crippen molar-refractivity contribution in [2.75, 3.05) is 52.9 Å². The second kappa shape index (κ2) is 52.9. The minimum atomic E-state index is -4.63. The topological polar surface area (TPSA) is 10.8 Å². The average Bonchev–Trinajstić information content (AvgIpc) is 1.38. The molecule has 0 unspecified atom stereocenters. The third-order valence-corrected chi connectivity index (χ3v) is 21.2. The third kappa shape index (κ3) is 48.1. The number of halogens is 24. The Balaban J connectivity index is 0.000000756. The zero-order valence-electron chi connectivity index (χ0n) is 85.0. The maximum Gasteiger partial charge on any atom is 0.419 e. The smallest absolute Gasteiger partial charge is 0.419 e. The molecule has 137 heavy (non-hydrogen) atoms. The van der Waals surface area contributed by atoms with E-state index < -0.39 is 127 Å². The molecule has 0 amide bonds. The van der Waals surface area contributed by atoms with E-state index in [0.29, 0.717) is 39.9 Å². The van der Waals surface area contributed by atoms with Crippen molar-refractivity contribution in [1.82, 2.24) is 0 Å². The normalized spacial score (nSPS) is 14.9. The van der Waals surface area contributed by atoms with E-state index in [1.807, 2.05) is 104 Å². The van der Waals surface area contributed by atoms with Crippen molar-refractivity contribution in [3.8, 4) is 0 Å². The van der Waals surface area contributed by atoms with Crippen LogP contribution in [-0.4, -0.2) is 52.9 Å². The van der Waals surface area contributed by atoms with E-state index in [4.69, 9.17) is 11.6 Å². The van der Waals surface area contributed by atoms with E-state index in [9.17, 15) is 101 Å². The van der Waals surface area contributed by atoms with Gasteiger partial charge in [-0.15, -0.1) is 0 Å². The van der Waals surface area contributed by atoms with Gasteiger partial charge in [-0.2, -0.15) is 65.9 Å². The van der Waals surface area contributed by atoms with Crippen molar-refractivity contribution in [2.24, 2.45) is 0 Å². The quantitative estimate of drug-likeness (QED) is 0.0814. The van der Waals surface area contributed by atoms with Crippen LogP contribution >= 0.6 is 11.6 Å². The zero-order chi connectivity index (χ0) is 107. The van der Waals surface area contributed by atoms with Crippen molar-refractivity contribution in [1.29, 1.82) is 0 Å². The fraction of sp³-hybridized carbons (Fsp3) is 0.523. The minimum absolute atomic E-state index is 0.0751. The van der Waals surface area contributed by atoms with Crippen LogP contribution in [0.2, 0.25) is 5.02 Å². The van der Waals surface area contributed by atoms with Crippen LogP contribution in [0.4, 0.5) is 101 Å². The predicted molar refractivity (Wildman–Crippen MR) is 511 cm³/mol. The lowest BCUT2D eigenvalue weighted by molar-refractivity contribution is -0.140. The second-order valence-electron chi connectivity index (χ2n) is 42.5. The molecule has 0 bridgehead atoms. The van der Waals surface area contributed by atoms with Gasteiger partial charge in [-0.1, -0.05) is 271 Å². The zero-order valence-corrected chi connectivity index (χ0v) is 85.8. The molecule has 0 radical (unpaired) electrons. The van der Waals surface area contributed by atoms with E-state index in [1.165, 1.54) is 130 Å². The van der Waals surface area contributed by atoms with Gasteiger partial charge >= 0.3 is 30.9 Å². The van der Waals surface area contributed by atoms with Crippen LogP contribution in [0.15, 0.2) is 133 Å². The molecule has 4 heterocycles. The van der Waals surface area contributed by atoms with E-state index in [2.05, 4.69) is 45.9 Å². The molecule has 12 rings (SSSR count). The Morgan fingerprint density at radius 2 is 0.423 bits per heavy atom. The van der Waals surface area contributed by atoms with E-state index in [0.717, 1.165) is 93.3 Å². The number of hydrogen-bond donors (Lipinski definition) is 0. The Morgan fingerprint density at radius 3 is 0.599 bits per heavy atom. The first-order chi connectivity index (χ1) is 61.7. The summed E-state index contributed by atoms with van der Waals surface area (Å²) in [5.41, 5.74) is -0.669. The molecule has 8 aromatic carbocycles. The maximum atomic E-state index is 13.5. The van der Waals surface area contributed by atoms with Crippen molar-refractivity contribution >= 4 is 11.6 Å². The van der Waals surface area contributed by atoms with Crippen LogP contribution in [0, 0.1) is 103 Å². The van der Waals surface area contributed by atoms with Gasteiger partial charge in [0.1, 0.15) is 99.4 Å². The lowest BCUT2D eigenvalue weighted by Crippen LogP contribution is -2.17. The molecule has 8 aromatic rings. The fourth-order valence-corrected chi connectivity index (χ4v) is 13.9. The molecule has 0 atom stereocenters. The summed E-state index contributed by atoms with van der Waals surface area (Å²) in [6, 6.07) is 27.5. The Kier molecular flexibility index (Phi) is 49.1. The van der Waals surface area contributed by atoms with Gasteiger partial charge in [0.05, 0.1) is 32.8 Å². The highest BCUT2D eigenvalue weighted by molar-refractivity contribution is 6.31. The first kappa shape index (κ1) is 127. The molecule has 0 aliphatic carbocycles. The first-order valence-electron chi connectivity index (χ1n) is 45.0. The summed E-state index contributed by atoms with van der Waals surface area (Å²) in [5.74, 6) is -5.88. The van der Waals surface area contributed by atoms with Crippen LogP contribution in [-0.2, 0) is 91.7 Å². The highest BCUT2D eigenvalue weighted by Gasteiger charge is 2.39. The van der Waals surface area contributed by atoms with Crippen molar-refractivity contribution in [3.05, 3.63) is 308 Å². The monoisotopic (exact) mass is 1990 g/mol. The largest absolute Gasteiger partial charge is 0.570 e. The standard InChI is InChI=1S/4C12H15F3.C11H12F4.C10H11ClF2.C10H11F3.C10H12F2.4C5H10O/c4*1-8-5-9(11(2,3)4)7-10(6-8)12(13,14)15;1-10(2,3)7-5-4-6-8(9(7)12)11(13,14)15;1-10(2,3)9-7(11)4-6(12)5-8(9)13;1-10(2,3)9-7(12)4-6(11)5-8(9)13;1-10(2,3)9-7(11)5-4-6-8(9)12;4*1-6-4-2-3-5-6/h4*5-7H,1-4H3;4-6H,1-3H3;2*4-5H,1-3H3;4-6H,1-3H3;4*1-5H2. The summed E-state index contributed by atoms with van der Waals surface area (Å²) < 4.78 is 303. The number of aryl methyl sites for hydroxylation is 4. The van der Waals surface area contributed by atoms with Gasteiger partial charge in [-0.05, 0) is 172 Å². The van der Waals surface area contributed by atoms with Gasteiger partial charge in [-0.3, -0.25) is 0 Å². The first-order valence-corrected chi connectivity index (χ1v) is 45.4. The van der Waals surface area contributed by atoms with Gasteiger partial charge < -0.3 is 17.5 Å². The molecule has 0 saturated carbocycles. The molecule has 4 nitrogen and oxygen atoms in total. The number of benzene rings is 8. The fourth-order valence-electron chi connectivity index (χ4n) is 13.4. The van der Waals surface area contributed by atoms with Gasteiger partial charge in [0.2, 0.25) is 0 Å². The molecular formula is C109H146ClF23O4. The minimum Gasteiger partial charge on any atom is -0.570 e. The summed E-state index contributed by atoms with van der Waals surface area (Å²) >= 11 is 5.74. The van der Waals surface area contributed by atoms with E-state index in [1.54, 1.807) is 114 Å². The van der Waals surface area contributed by atoms with Crippen LogP contribution < -0.4 is 0 Å².